The lowest BCUT2D eigenvalue weighted by atomic mass is 9.85. The number of aliphatic hydroxyl groups is 1. The number of fused-ring (bicyclic) bond motifs is 5. The van der Waals surface area contributed by atoms with Crippen LogP contribution in [-0.4, -0.2) is 27.2 Å². The molecular formula is C24H24N2O5. The molecule has 7 nitrogen and oxygen atoms in total. The summed E-state index contributed by atoms with van der Waals surface area (Å²) in [6.07, 6.45) is 1.81. The molecule has 2 aliphatic heterocycles. The van der Waals surface area contributed by atoms with Gasteiger partial charge in [-0.2, -0.15) is 0 Å². The van der Waals surface area contributed by atoms with E-state index in [1.54, 1.807) is 11.5 Å². The molecule has 31 heavy (non-hydrogen) atoms. The van der Waals surface area contributed by atoms with Crippen LogP contribution in [0.3, 0.4) is 0 Å². The molecule has 1 aromatic carbocycles. The van der Waals surface area contributed by atoms with Crippen LogP contribution in [0.5, 0.6) is 5.75 Å². The van der Waals surface area contributed by atoms with Gasteiger partial charge < -0.3 is 14.6 Å². The van der Waals surface area contributed by atoms with Crippen LogP contribution >= 0.6 is 0 Å². The van der Waals surface area contributed by atoms with Crippen LogP contribution in [0, 0.1) is 0 Å². The number of para-hydroxylation sites is 1. The molecule has 0 saturated carbocycles. The summed E-state index contributed by atoms with van der Waals surface area (Å²) in [6.45, 7) is 4.34. The molecule has 0 fully saturated rings. The molecule has 0 unspecified atom stereocenters. The van der Waals surface area contributed by atoms with E-state index in [1.165, 1.54) is 0 Å². The van der Waals surface area contributed by atoms with Crippen LogP contribution in [0.1, 0.15) is 49.8 Å². The number of hydrogen-bond acceptors (Lipinski definition) is 6. The molecule has 7 heteroatoms. The van der Waals surface area contributed by atoms with Gasteiger partial charge in [0.1, 0.15) is 12.3 Å². The molecule has 3 aromatic rings. The average Bonchev–Trinajstić information content (AvgIpc) is 3.15. The van der Waals surface area contributed by atoms with Crippen LogP contribution in [-0.2, 0) is 28.3 Å². The molecule has 0 aliphatic carbocycles. The lowest BCUT2D eigenvalue weighted by Crippen LogP contribution is -2.45. The van der Waals surface area contributed by atoms with Gasteiger partial charge in [-0.3, -0.25) is 9.36 Å². The van der Waals surface area contributed by atoms with Crippen LogP contribution in [0.2, 0.25) is 0 Å². The van der Waals surface area contributed by atoms with Crippen molar-refractivity contribution in [3.8, 4) is 17.1 Å². The van der Waals surface area contributed by atoms with E-state index in [1.807, 2.05) is 30.3 Å². The molecule has 0 spiro atoms. The first-order valence-electron chi connectivity index (χ1n) is 10.7. The number of rotatable bonds is 5. The summed E-state index contributed by atoms with van der Waals surface area (Å²) >= 11 is 0. The average molecular weight is 420 g/mol. The van der Waals surface area contributed by atoms with E-state index in [4.69, 9.17) is 14.5 Å². The third-order valence-corrected chi connectivity index (χ3v) is 6.23. The number of hydrogen-bond donors (Lipinski definition) is 1. The van der Waals surface area contributed by atoms with Crippen molar-refractivity contribution < 1.29 is 19.4 Å². The monoisotopic (exact) mass is 420 g/mol. The van der Waals surface area contributed by atoms with E-state index in [9.17, 15) is 14.7 Å². The molecule has 2 aliphatic rings. The fourth-order valence-corrected chi connectivity index (χ4v) is 4.50. The Morgan fingerprint density at radius 1 is 1.26 bits per heavy atom. The number of carbonyl (C=O) groups excluding carboxylic acids is 1. The number of aromatic nitrogens is 2. The molecule has 160 valence electrons. The van der Waals surface area contributed by atoms with Crippen molar-refractivity contribution in [2.45, 2.75) is 51.9 Å². The SMILES string of the molecule is CCCCOc1c2c(c(=O)n3c1-c1nc4ccccc4cc1C3)COC(=O)[C@]2(O)CC. The number of pyridine rings is 2. The van der Waals surface area contributed by atoms with Gasteiger partial charge in [0.05, 0.1) is 35.5 Å². The van der Waals surface area contributed by atoms with Gasteiger partial charge in [0, 0.05) is 10.9 Å². The molecule has 4 heterocycles. The first-order chi connectivity index (χ1) is 15.0. The van der Waals surface area contributed by atoms with Crippen molar-refractivity contribution in [3.63, 3.8) is 0 Å². The molecule has 0 amide bonds. The number of nitrogens with zero attached hydrogens (tertiary/aromatic N) is 2. The highest BCUT2D eigenvalue weighted by atomic mass is 16.6. The second kappa shape index (κ2) is 7.20. The largest absolute Gasteiger partial charge is 0.491 e. The Kier molecular flexibility index (Phi) is 4.59. The van der Waals surface area contributed by atoms with Gasteiger partial charge in [0.2, 0.25) is 0 Å². The molecule has 5 rings (SSSR count). The van der Waals surface area contributed by atoms with Gasteiger partial charge in [-0.15, -0.1) is 0 Å². The van der Waals surface area contributed by atoms with E-state index in [2.05, 4.69) is 6.92 Å². The summed E-state index contributed by atoms with van der Waals surface area (Å²) < 4.78 is 13.0. The summed E-state index contributed by atoms with van der Waals surface area (Å²) in [7, 11) is 0. The first kappa shape index (κ1) is 19.8. The Morgan fingerprint density at radius 3 is 2.84 bits per heavy atom. The molecule has 0 radical (unpaired) electrons. The number of esters is 1. The summed E-state index contributed by atoms with van der Waals surface area (Å²) in [6, 6.07) is 9.81. The summed E-state index contributed by atoms with van der Waals surface area (Å²) in [5, 5.41) is 12.3. The minimum atomic E-state index is -1.93. The minimum absolute atomic E-state index is 0.0733. The Morgan fingerprint density at radius 2 is 2.06 bits per heavy atom. The Hall–Kier alpha value is -3.19. The quantitative estimate of drug-likeness (QED) is 0.394. The van der Waals surface area contributed by atoms with E-state index in [0.717, 1.165) is 29.3 Å². The number of benzene rings is 1. The predicted molar refractivity (Wildman–Crippen MR) is 115 cm³/mol. The second-order valence-corrected chi connectivity index (χ2v) is 8.10. The van der Waals surface area contributed by atoms with Crippen molar-refractivity contribution in [2.75, 3.05) is 6.61 Å². The van der Waals surface area contributed by atoms with Crippen molar-refractivity contribution in [3.05, 3.63) is 57.4 Å². The number of cyclic esters (lactones) is 1. The normalized spacial score (nSPS) is 19.0. The molecule has 0 saturated heterocycles. The summed E-state index contributed by atoms with van der Waals surface area (Å²) in [5.41, 5.74) is 1.20. The highest BCUT2D eigenvalue weighted by molar-refractivity contribution is 5.89. The maximum Gasteiger partial charge on any atom is 0.343 e. The number of unbranched alkanes of at least 4 members (excludes halogenated alkanes) is 1. The fourth-order valence-electron chi connectivity index (χ4n) is 4.50. The standard InChI is InChI=1S/C24H24N2O5/c1-3-5-10-30-21-18-16(13-31-23(28)24(18,29)4-2)22(27)26-12-15-11-14-8-6-7-9-17(14)25-19(15)20(21)26/h6-9,11,29H,3-5,10,12-13H2,1-2H3/t24-/m0/s1. The number of carbonyl (C=O) groups is 1. The first-order valence-corrected chi connectivity index (χ1v) is 10.7. The van der Waals surface area contributed by atoms with Gasteiger partial charge in [0.15, 0.2) is 11.4 Å². The summed E-state index contributed by atoms with van der Waals surface area (Å²) in [4.78, 5) is 30.8. The maximum absolute atomic E-state index is 13.4. The van der Waals surface area contributed by atoms with E-state index in [0.29, 0.717) is 30.3 Å². The zero-order valence-electron chi connectivity index (χ0n) is 17.6. The van der Waals surface area contributed by atoms with Crippen LogP contribution in [0.15, 0.2) is 35.1 Å². The van der Waals surface area contributed by atoms with Crippen molar-refractivity contribution >= 4 is 16.9 Å². The van der Waals surface area contributed by atoms with E-state index >= 15 is 0 Å². The minimum Gasteiger partial charge on any atom is -0.491 e. The molecule has 1 atom stereocenters. The Bertz CT molecular complexity index is 1280. The number of ether oxygens (including phenoxy) is 2. The van der Waals surface area contributed by atoms with Gasteiger partial charge in [-0.1, -0.05) is 38.5 Å². The van der Waals surface area contributed by atoms with Crippen molar-refractivity contribution in [1.29, 1.82) is 0 Å². The third-order valence-electron chi connectivity index (χ3n) is 6.23. The molecule has 2 aromatic heterocycles. The van der Waals surface area contributed by atoms with Crippen LogP contribution in [0.25, 0.3) is 22.3 Å². The van der Waals surface area contributed by atoms with Gasteiger partial charge in [0.25, 0.3) is 5.56 Å². The lowest BCUT2D eigenvalue weighted by molar-refractivity contribution is -0.172. The van der Waals surface area contributed by atoms with Gasteiger partial charge in [-0.05, 0) is 25.0 Å². The molecule has 0 bridgehead atoms. The zero-order valence-corrected chi connectivity index (χ0v) is 17.6. The van der Waals surface area contributed by atoms with Crippen molar-refractivity contribution in [2.24, 2.45) is 0 Å². The van der Waals surface area contributed by atoms with Gasteiger partial charge >= 0.3 is 5.97 Å². The third kappa shape index (κ3) is 2.80. The molecular weight excluding hydrogens is 396 g/mol. The Labute approximate surface area is 179 Å². The topological polar surface area (TPSA) is 90.7 Å². The van der Waals surface area contributed by atoms with Crippen LogP contribution < -0.4 is 10.3 Å². The second-order valence-electron chi connectivity index (χ2n) is 8.10. The Balaban J connectivity index is 1.83. The van der Waals surface area contributed by atoms with E-state index in [-0.39, 0.29) is 29.7 Å². The van der Waals surface area contributed by atoms with E-state index < -0.39 is 11.6 Å². The predicted octanol–water partition coefficient (Wildman–Crippen LogP) is 3.26. The van der Waals surface area contributed by atoms with Gasteiger partial charge in [-0.25, -0.2) is 9.78 Å². The van der Waals surface area contributed by atoms with Crippen molar-refractivity contribution in [1.82, 2.24) is 9.55 Å². The highest BCUT2D eigenvalue weighted by Gasteiger charge is 2.48. The smallest absolute Gasteiger partial charge is 0.343 e. The maximum atomic E-state index is 13.4. The highest BCUT2D eigenvalue weighted by Crippen LogP contribution is 2.46. The zero-order chi connectivity index (χ0) is 21.8. The summed E-state index contributed by atoms with van der Waals surface area (Å²) in [5.74, 6) is -0.387. The lowest BCUT2D eigenvalue weighted by Gasteiger charge is -2.33. The van der Waals surface area contributed by atoms with Crippen LogP contribution in [0.4, 0.5) is 0 Å². The molecule has 1 N–H and O–H groups in total. The fraction of sp³-hybridized carbons (Fsp3) is 0.375.